The molecule has 2 amide bonds. The molecule has 6 heteroatoms. The summed E-state index contributed by atoms with van der Waals surface area (Å²) >= 11 is 0. The van der Waals surface area contributed by atoms with Crippen molar-refractivity contribution < 1.29 is 18.7 Å². The third-order valence-electron chi connectivity index (χ3n) is 4.46. The lowest BCUT2D eigenvalue weighted by Gasteiger charge is -2.17. The van der Waals surface area contributed by atoms with Gasteiger partial charge in [-0.15, -0.1) is 0 Å². The van der Waals surface area contributed by atoms with Gasteiger partial charge < -0.3 is 15.4 Å². The first-order valence-corrected chi connectivity index (χ1v) is 9.17. The van der Waals surface area contributed by atoms with Crippen molar-refractivity contribution in [1.82, 2.24) is 5.32 Å². The molecule has 27 heavy (non-hydrogen) atoms. The van der Waals surface area contributed by atoms with Gasteiger partial charge >= 0.3 is 0 Å². The largest absolute Gasteiger partial charge is 0.488 e. The van der Waals surface area contributed by atoms with E-state index in [9.17, 15) is 14.0 Å². The first kappa shape index (κ1) is 18.9. The Bertz CT molecular complexity index is 804. The lowest BCUT2D eigenvalue weighted by molar-refractivity contribution is -0.123. The summed E-state index contributed by atoms with van der Waals surface area (Å²) in [6, 6.07) is 13.1. The van der Waals surface area contributed by atoms with Crippen LogP contribution in [-0.2, 0) is 16.0 Å². The first-order valence-electron chi connectivity index (χ1n) is 9.17. The number of ether oxygens (including phenoxy) is 1. The minimum atomic E-state index is -0.392. The van der Waals surface area contributed by atoms with E-state index in [2.05, 4.69) is 10.6 Å². The van der Waals surface area contributed by atoms with Crippen LogP contribution in [0.1, 0.15) is 31.2 Å². The van der Waals surface area contributed by atoms with E-state index in [1.807, 2.05) is 18.2 Å². The van der Waals surface area contributed by atoms with Crippen molar-refractivity contribution in [2.24, 2.45) is 0 Å². The summed E-state index contributed by atoms with van der Waals surface area (Å²) < 4.78 is 19.1. The Labute approximate surface area is 157 Å². The Morgan fingerprint density at radius 1 is 1.04 bits per heavy atom. The van der Waals surface area contributed by atoms with Crippen LogP contribution in [0.5, 0.6) is 5.75 Å². The van der Waals surface area contributed by atoms with Gasteiger partial charge in [0.15, 0.2) is 0 Å². The van der Waals surface area contributed by atoms with E-state index in [1.54, 1.807) is 18.2 Å². The Morgan fingerprint density at radius 2 is 1.81 bits per heavy atom. The van der Waals surface area contributed by atoms with Gasteiger partial charge in [-0.05, 0) is 55.5 Å². The second-order valence-corrected chi connectivity index (χ2v) is 6.65. The lowest BCUT2D eigenvalue weighted by Crippen LogP contribution is -2.33. The highest BCUT2D eigenvalue weighted by molar-refractivity contribution is 5.95. The summed E-state index contributed by atoms with van der Waals surface area (Å²) in [4.78, 5) is 24.1. The standard InChI is InChI=1S/C21H23FN2O3/c22-16-7-5-6-15(12-16)13-20(25)23-14-21(26)24-18-10-3-4-11-19(18)27-17-8-1-2-9-17/h3-7,10-12,17H,1-2,8-9,13-14H2,(H,23,25)(H,24,26). The Hall–Kier alpha value is -2.89. The fraction of sp³-hybridized carbons (Fsp3) is 0.333. The molecule has 0 spiro atoms. The van der Waals surface area contributed by atoms with E-state index in [4.69, 9.17) is 4.74 Å². The predicted molar refractivity (Wildman–Crippen MR) is 101 cm³/mol. The molecule has 2 N–H and O–H groups in total. The van der Waals surface area contributed by atoms with Crippen LogP contribution < -0.4 is 15.4 Å². The molecule has 0 bridgehead atoms. The number of carbonyl (C=O) groups is 2. The smallest absolute Gasteiger partial charge is 0.243 e. The summed E-state index contributed by atoms with van der Waals surface area (Å²) in [6.45, 7) is -0.161. The fourth-order valence-corrected chi connectivity index (χ4v) is 3.13. The van der Waals surface area contributed by atoms with Gasteiger partial charge in [0.1, 0.15) is 11.6 Å². The summed E-state index contributed by atoms with van der Waals surface area (Å²) in [7, 11) is 0. The van der Waals surface area contributed by atoms with Crippen LogP contribution in [0.2, 0.25) is 0 Å². The number of amides is 2. The molecule has 142 valence electrons. The monoisotopic (exact) mass is 370 g/mol. The van der Waals surface area contributed by atoms with Crippen LogP contribution in [0.15, 0.2) is 48.5 Å². The summed E-state index contributed by atoms with van der Waals surface area (Å²) in [5, 5.41) is 5.32. The highest BCUT2D eigenvalue weighted by Crippen LogP contribution is 2.29. The van der Waals surface area contributed by atoms with E-state index in [-0.39, 0.29) is 30.9 Å². The molecule has 3 rings (SSSR count). The minimum Gasteiger partial charge on any atom is -0.488 e. The highest BCUT2D eigenvalue weighted by Gasteiger charge is 2.18. The zero-order chi connectivity index (χ0) is 19.1. The fourth-order valence-electron chi connectivity index (χ4n) is 3.13. The third-order valence-corrected chi connectivity index (χ3v) is 4.46. The van der Waals surface area contributed by atoms with Crippen molar-refractivity contribution >= 4 is 17.5 Å². The maximum Gasteiger partial charge on any atom is 0.243 e. The van der Waals surface area contributed by atoms with Crippen LogP contribution in [0, 0.1) is 5.82 Å². The van der Waals surface area contributed by atoms with E-state index in [0.717, 1.165) is 25.7 Å². The molecule has 0 saturated heterocycles. The molecule has 0 radical (unpaired) electrons. The van der Waals surface area contributed by atoms with Gasteiger partial charge in [-0.25, -0.2) is 4.39 Å². The molecule has 0 aromatic heterocycles. The van der Waals surface area contributed by atoms with Crippen molar-refractivity contribution in [3.8, 4) is 5.75 Å². The number of hydrogen-bond acceptors (Lipinski definition) is 3. The second kappa shape index (κ2) is 9.16. The highest BCUT2D eigenvalue weighted by atomic mass is 19.1. The van der Waals surface area contributed by atoms with Crippen molar-refractivity contribution in [1.29, 1.82) is 0 Å². The van der Waals surface area contributed by atoms with E-state index in [0.29, 0.717) is 17.0 Å². The summed E-state index contributed by atoms with van der Waals surface area (Å²) in [5.41, 5.74) is 1.15. The molecule has 5 nitrogen and oxygen atoms in total. The molecule has 2 aromatic rings. The van der Waals surface area contributed by atoms with Gasteiger partial charge in [-0.1, -0.05) is 24.3 Å². The Kier molecular flexibility index (Phi) is 6.41. The van der Waals surface area contributed by atoms with Crippen LogP contribution in [0.25, 0.3) is 0 Å². The van der Waals surface area contributed by atoms with Gasteiger partial charge in [0.2, 0.25) is 11.8 Å². The number of benzene rings is 2. The predicted octanol–water partition coefficient (Wildman–Crippen LogP) is 3.44. The molecular weight excluding hydrogens is 347 g/mol. The van der Waals surface area contributed by atoms with Gasteiger partial charge in [0.25, 0.3) is 0 Å². The molecule has 0 atom stereocenters. The number of hydrogen-bond donors (Lipinski definition) is 2. The number of rotatable bonds is 7. The summed E-state index contributed by atoms with van der Waals surface area (Å²) in [5.74, 6) is -0.433. The zero-order valence-electron chi connectivity index (χ0n) is 15.0. The molecule has 1 aliphatic carbocycles. The average molecular weight is 370 g/mol. The quantitative estimate of drug-likeness (QED) is 0.785. The molecule has 1 saturated carbocycles. The first-order chi connectivity index (χ1) is 13.1. The van der Waals surface area contributed by atoms with Crippen LogP contribution in [0.3, 0.4) is 0 Å². The van der Waals surface area contributed by atoms with E-state index < -0.39 is 5.82 Å². The van der Waals surface area contributed by atoms with Crippen molar-refractivity contribution in [2.75, 3.05) is 11.9 Å². The van der Waals surface area contributed by atoms with Gasteiger partial charge in [-0.3, -0.25) is 9.59 Å². The molecule has 0 unspecified atom stereocenters. The second-order valence-electron chi connectivity index (χ2n) is 6.65. The van der Waals surface area contributed by atoms with Crippen molar-refractivity contribution in [2.45, 2.75) is 38.2 Å². The van der Waals surface area contributed by atoms with Crippen LogP contribution in [0.4, 0.5) is 10.1 Å². The van der Waals surface area contributed by atoms with Crippen LogP contribution in [-0.4, -0.2) is 24.5 Å². The molecule has 0 aliphatic heterocycles. The number of anilines is 1. The zero-order valence-corrected chi connectivity index (χ0v) is 15.0. The number of nitrogens with one attached hydrogen (secondary N) is 2. The molecule has 0 heterocycles. The number of para-hydroxylation sites is 2. The van der Waals surface area contributed by atoms with Gasteiger partial charge in [0, 0.05) is 0 Å². The SMILES string of the molecule is O=C(Cc1cccc(F)c1)NCC(=O)Nc1ccccc1OC1CCCC1. The summed E-state index contributed by atoms with van der Waals surface area (Å²) in [6.07, 6.45) is 4.59. The topological polar surface area (TPSA) is 67.4 Å². The van der Waals surface area contributed by atoms with Gasteiger partial charge in [-0.2, -0.15) is 0 Å². The van der Waals surface area contributed by atoms with E-state index >= 15 is 0 Å². The van der Waals surface area contributed by atoms with Gasteiger partial charge in [0.05, 0.1) is 24.8 Å². The minimum absolute atomic E-state index is 0.0203. The third kappa shape index (κ3) is 5.81. The maximum absolute atomic E-state index is 13.1. The van der Waals surface area contributed by atoms with Crippen molar-refractivity contribution in [3.05, 3.63) is 59.9 Å². The number of carbonyl (C=O) groups excluding carboxylic acids is 2. The van der Waals surface area contributed by atoms with Crippen molar-refractivity contribution in [3.63, 3.8) is 0 Å². The Morgan fingerprint density at radius 3 is 2.59 bits per heavy atom. The maximum atomic E-state index is 13.1. The average Bonchev–Trinajstić information content (AvgIpc) is 3.15. The molecule has 1 fully saturated rings. The lowest BCUT2D eigenvalue weighted by atomic mass is 10.1. The molecular formula is C21H23FN2O3. The Balaban J connectivity index is 1.49. The molecule has 2 aromatic carbocycles. The van der Waals surface area contributed by atoms with E-state index in [1.165, 1.54) is 12.1 Å². The normalized spacial score (nSPS) is 14.0. The number of halogens is 1. The van der Waals surface area contributed by atoms with Crippen LogP contribution >= 0.6 is 0 Å². The molecule has 1 aliphatic rings.